The van der Waals surface area contributed by atoms with Gasteiger partial charge in [0.25, 0.3) is 0 Å². The van der Waals surface area contributed by atoms with Crippen molar-refractivity contribution < 1.29 is 0 Å². The molecule has 0 aliphatic carbocycles. The third-order valence-electron chi connectivity index (χ3n) is 2.07. The smallest absolute Gasteiger partial charge is 0.0170 e. The monoisotopic (exact) mass is 156 g/mol. The van der Waals surface area contributed by atoms with E-state index in [1.807, 2.05) is 24.3 Å². The van der Waals surface area contributed by atoms with Crippen molar-refractivity contribution in [2.24, 2.45) is 0 Å². The zero-order valence-electron chi connectivity index (χ0n) is 6.75. The maximum atomic E-state index is 7.33. The van der Waals surface area contributed by atoms with E-state index < -0.39 is 0 Å². The first-order valence-electron chi connectivity index (χ1n) is 4.03. The quantitative estimate of drug-likeness (QED) is 0.604. The van der Waals surface area contributed by atoms with Crippen molar-refractivity contribution in [3.8, 4) is 0 Å². The molecule has 1 N–H and O–H groups in total. The summed E-state index contributed by atoms with van der Waals surface area (Å²) in [6, 6.07) is 14.3. The molecule has 0 aromatic heterocycles. The van der Waals surface area contributed by atoms with Crippen LogP contribution >= 0.6 is 0 Å². The van der Waals surface area contributed by atoms with Gasteiger partial charge in [0, 0.05) is 0 Å². The SMILES string of the molecule is [NH-]Cc1cccc2ccccc12. The number of hydrogen-bond acceptors (Lipinski definition) is 0. The molecule has 0 saturated carbocycles. The third kappa shape index (κ3) is 1.08. The Balaban J connectivity index is 2.79. The van der Waals surface area contributed by atoms with E-state index in [1.165, 1.54) is 10.8 Å². The van der Waals surface area contributed by atoms with Gasteiger partial charge in [0.1, 0.15) is 0 Å². The van der Waals surface area contributed by atoms with Crippen LogP contribution in [0.5, 0.6) is 0 Å². The van der Waals surface area contributed by atoms with Crippen molar-refractivity contribution in [1.29, 1.82) is 0 Å². The molecule has 0 spiro atoms. The summed E-state index contributed by atoms with van der Waals surface area (Å²) >= 11 is 0. The molecule has 0 fully saturated rings. The maximum absolute atomic E-state index is 7.33. The van der Waals surface area contributed by atoms with E-state index in [0.717, 1.165) is 5.56 Å². The number of nitrogens with one attached hydrogen (secondary N) is 1. The molecule has 0 amide bonds. The zero-order valence-corrected chi connectivity index (χ0v) is 6.75. The molecule has 2 aromatic rings. The van der Waals surface area contributed by atoms with Crippen LogP contribution in [-0.2, 0) is 6.54 Å². The average molecular weight is 156 g/mol. The highest BCUT2D eigenvalue weighted by Crippen LogP contribution is 2.18. The first-order valence-corrected chi connectivity index (χ1v) is 4.03. The second kappa shape index (κ2) is 2.95. The van der Waals surface area contributed by atoms with Gasteiger partial charge in [0.2, 0.25) is 0 Å². The van der Waals surface area contributed by atoms with Crippen molar-refractivity contribution in [3.63, 3.8) is 0 Å². The summed E-state index contributed by atoms with van der Waals surface area (Å²) in [5.41, 5.74) is 8.43. The molecule has 2 aromatic carbocycles. The summed E-state index contributed by atoms with van der Waals surface area (Å²) in [7, 11) is 0. The minimum atomic E-state index is 0.362. The van der Waals surface area contributed by atoms with Crippen molar-refractivity contribution in [1.82, 2.24) is 0 Å². The first kappa shape index (κ1) is 7.32. The standard InChI is InChI=1S/C11H10N/c12-8-10-6-3-5-9-4-1-2-7-11(9)10/h1-7,12H,8H2/q-1. The third-order valence-corrected chi connectivity index (χ3v) is 2.07. The molecule has 1 nitrogen and oxygen atoms in total. The maximum Gasteiger partial charge on any atom is -0.0170 e. The molecular formula is C11H10N-. The van der Waals surface area contributed by atoms with Crippen LogP contribution in [0.1, 0.15) is 5.56 Å². The van der Waals surface area contributed by atoms with Crippen LogP contribution in [-0.4, -0.2) is 0 Å². The van der Waals surface area contributed by atoms with Gasteiger partial charge in [0.05, 0.1) is 0 Å². The minimum Gasteiger partial charge on any atom is -0.674 e. The van der Waals surface area contributed by atoms with Crippen molar-refractivity contribution >= 4 is 10.8 Å². The predicted octanol–water partition coefficient (Wildman–Crippen LogP) is 3.39. The van der Waals surface area contributed by atoms with Gasteiger partial charge in [-0.15, -0.1) is 6.54 Å². The topological polar surface area (TPSA) is 23.8 Å². The number of benzene rings is 2. The highest BCUT2D eigenvalue weighted by Gasteiger charge is 1.93. The Morgan fingerprint density at radius 3 is 2.50 bits per heavy atom. The van der Waals surface area contributed by atoms with E-state index in [-0.39, 0.29) is 0 Å². The largest absolute Gasteiger partial charge is 0.674 e. The van der Waals surface area contributed by atoms with Crippen LogP contribution in [0.25, 0.3) is 16.5 Å². The molecule has 0 radical (unpaired) electrons. The van der Waals surface area contributed by atoms with E-state index in [1.54, 1.807) is 0 Å². The second-order valence-electron chi connectivity index (χ2n) is 2.82. The highest BCUT2D eigenvalue weighted by atomic mass is 14.5. The van der Waals surface area contributed by atoms with Gasteiger partial charge in [-0.2, -0.15) is 0 Å². The lowest BCUT2D eigenvalue weighted by atomic mass is 10.1. The van der Waals surface area contributed by atoms with Gasteiger partial charge in [-0.05, 0) is 10.8 Å². The Morgan fingerprint density at radius 2 is 1.67 bits per heavy atom. The van der Waals surface area contributed by atoms with Crippen LogP contribution in [0.3, 0.4) is 0 Å². The predicted molar refractivity (Wildman–Crippen MR) is 52.0 cm³/mol. The number of hydrogen-bond donors (Lipinski definition) is 0. The fraction of sp³-hybridized carbons (Fsp3) is 0.0909. The van der Waals surface area contributed by atoms with Gasteiger partial charge in [-0.3, -0.25) is 0 Å². The Labute approximate surface area is 71.8 Å². The summed E-state index contributed by atoms with van der Waals surface area (Å²) < 4.78 is 0. The fourth-order valence-electron chi connectivity index (χ4n) is 1.45. The number of rotatable bonds is 1. The molecule has 0 bridgehead atoms. The van der Waals surface area contributed by atoms with Gasteiger partial charge < -0.3 is 5.73 Å². The second-order valence-corrected chi connectivity index (χ2v) is 2.82. The lowest BCUT2D eigenvalue weighted by Gasteiger charge is -2.06. The van der Waals surface area contributed by atoms with Crippen molar-refractivity contribution in [3.05, 3.63) is 53.8 Å². The molecule has 12 heavy (non-hydrogen) atoms. The first-order chi connectivity index (χ1) is 5.92. The van der Waals surface area contributed by atoms with E-state index in [4.69, 9.17) is 5.73 Å². The van der Waals surface area contributed by atoms with Crippen LogP contribution in [0, 0.1) is 0 Å². The Morgan fingerprint density at radius 1 is 0.917 bits per heavy atom. The Bertz CT molecular complexity index is 388. The van der Waals surface area contributed by atoms with Crippen LogP contribution in [0.4, 0.5) is 0 Å². The minimum absolute atomic E-state index is 0.362. The van der Waals surface area contributed by atoms with E-state index in [9.17, 15) is 0 Å². The van der Waals surface area contributed by atoms with Gasteiger partial charge in [-0.25, -0.2) is 0 Å². The van der Waals surface area contributed by atoms with Gasteiger partial charge >= 0.3 is 0 Å². The number of fused-ring (bicyclic) bond motifs is 1. The van der Waals surface area contributed by atoms with Crippen molar-refractivity contribution in [2.75, 3.05) is 0 Å². The molecule has 0 heterocycles. The molecule has 0 unspecified atom stereocenters. The van der Waals surface area contributed by atoms with Gasteiger partial charge in [-0.1, -0.05) is 48.0 Å². The molecule has 0 atom stereocenters. The molecule has 2 rings (SSSR count). The highest BCUT2D eigenvalue weighted by molar-refractivity contribution is 5.85. The Hall–Kier alpha value is -1.34. The lowest BCUT2D eigenvalue weighted by molar-refractivity contribution is 1.32. The lowest BCUT2D eigenvalue weighted by Crippen LogP contribution is -1.81. The summed E-state index contributed by atoms with van der Waals surface area (Å²) in [5, 5.41) is 2.43. The average Bonchev–Trinajstić information content (AvgIpc) is 2.17. The van der Waals surface area contributed by atoms with E-state index >= 15 is 0 Å². The van der Waals surface area contributed by atoms with E-state index in [0.29, 0.717) is 6.54 Å². The van der Waals surface area contributed by atoms with Crippen LogP contribution < -0.4 is 0 Å². The Kier molecular flexibility index (Phi) is 1.80. The van der Waals surface area contributed by atoms with Gasteiger partial charge in [0.15, 0.2) is 0 Å². The molecular weight excluding hydrogens is 146 g/mol. The molecule has 60 valence electrons. The summed E-state index contributed by atoms with van der Waals surface area (Å²) in [4.78, 5) is 0. The molecule has 0 aliphatic heterocycles. The summed E-state index contributed by atoms with van der Waals surface area (Å²) in [5.74, 6) is 0. The van der Waals surface area contributed by atoms with Crippen molar-refractivity contribution in [2.45, 2.75) is 6.54 Å². The normalized spacial score (nSPS) is 10.4. The molecule has 1 heteroatoms. The summed E-state index contributed by atoms with van der Waals surface area (Å²) in [6.07, 6.45) is 0. The van der Waals surface area contributed by atoms with E-state index in [2.05, 4.69) is 18.2 Å². The fourth-order valence-corrected chi connectivity index (χ4v) is 1.45. The zero-order chi connectivity index (χ0) is 8.39. The summed E-state index contributed by atoms with van der Waals surface area (Å²) in [6.45, 7) is 0.362. The molecule has 0 saturated heterocycles. The van der Waals surface area contributed by atoms with Crippen LogP contribution in [0.15, 0.2) is 42.5 Å². The van der Waals surface area contributed by atoms with Crippen LogP contribution in [0.2, 0.25) is 0 Å². The molecule has 0 aliphatic rings.